The summed E-state index contributed by atoms with van der Waals surface area (Å²) in [6, 6.07) is 0. The first kappa shape index (κ1) is 10.8. The van der Waals surface area contributed by atoms with Crippen LogP contribution in [0.4, 0.5) is 0 Å². The average Bonchev–Trinajstić information content (AvgIpc) is 2.69. The van der Waals surface area contributed by atoms with Crippen molar-refractivity contribution < 1.29 is 8.42 Å². The van der Waals surface area contributed by atoms with Gasteiger partial charge in [0.25, 0.3) is 0 Å². The van der Waals surface area contributed by atoms with Crippen molar-refractivity contribution in [2.75, 3.05) is 0 Å². The summed E-state index contributed by atoms with van der Waals surface area (Å²) in [6.45, 7) is 5.70. The number of aromatic nitrogens is 3. The van der Waals surface area contributed by atoms with E-state index >= 15 is 0 Å². The zero-order chi connectivity index (χ0) is 11.8. The summed E-state index contributed by atoms with van der Waals surface area (Å²) < 4.78 is 23.2. The third-order valence-corrected chi connectivity index (χ3v) is 4.16. The molecule has 0 radical (unpaired) electrons. The van der Waals surface area contributed by atoms with Crippen molar-refractivity contribution in [3.8, 4) is 0 Å². The topological polar surface area (TPSA) is 69.2 Å². The molecule has 1 N–H and O–H groups in total. The molecule has 0 fully saturated rings. The fourth-order valence-corrected chi connectivity index (χ4v) is 2.89. The normalized spacial score (nSPS) is 23.9. The Morgan fingerprint density at radius 2 is 2.38 bits per heavy atom. The molecule has 0 saturated heterocycles. The first-order valence-corrected chi connectivity index (χ1v) is 6.23. The van der Waals surface area contributed by atoms with Gasteiger partial charge in [-0.25, -0.2) is 4.21 Å². The van der Waals surface area contributed by atoms with Crippen LogP contribution >= 0.6 is 0 Å². The van der Waals surface area contributed by atoms with E-state index in [9.17, 15) is 8.42 Å². The highest BCUT2D eigenvalue weighted by Gasteiger charge is 2.34. The van der Waals surface area contributed by atoms with Gasteiger partial charge in [-0.1, -0.05) is 30.4 Å². The highest BCUT2D eigenvalue weighted by molar-refractivity contribution is 7.90. The van der Waals surface area contributed by atoms with Crippen LogP contribution in [0.1, 0.15) is 6.92 Å². The molecule has 6 heteroatoms. The predicted octanol–water partition coefficient (Wildman–Crippen LogP) is 1.05. The second-order valence-corrected chi connectivity index (χ2v) is 5.54. The van der Waals surface area contributed by atoms with Crippen LogP contribution in [-0.2, 0) is 10.0 Å². The summed E-state index contributed by atoms with van der Waals surface area (Å²) in [6.07, 6.45) is 7.99. The van der Waals surface area contributed by atoms with Gasteiger partial charge >= 0.3 is 10.0 Å². The summed E-state index contributed by atoms with van der Waals surface area (Å²) in [5.74, 6) is 0. The third-order valence-electron chi connectivity index (χ3n) is 2.31. The highest BCUT2D eigenvalue weighted by Crippen LogP contribution is 2.21. The zero-order valence-electron chi connectivity index (χ0n) is 8.78. The molecular weight excluding hydrogens is 226 g/mol. The summed E-state index contributed by atoms with van der Waals surface area (Å²) in [4.78, 5) is 0. The van der Waals surface area contributed by atoms with Gasteiger partial charge in [-0.05, 0) is 17.7 Å². The second-order valence-electron chi connectivity index (χ2n) is 3.59. The van der Waals surface area contributed by atoms with Gasteiger partial charge < -0.3 is 0 Å². The minimum absolute atomic E-state index is 0.600. The van der Waals surface area contributed by atoms with Crippen LogP contribution in [0.2, 0.25) is 0 Å². The molecule has 5 nitrogen and oxygen atoms in total. The molecule has 1 aromatic rings. The molecule has 0 bridgehead atoms. The summed E-state index contributed by atoms with van der Waals surface area (Å²) in [7, 11) is -3.33. The van der Waals surface area contributed by atoms with E-state index in [4.69, 9.17) is 0 Å². The molecule has 2 unspecified atom stereocenters. The van der Waals surface area contributed by atoms with Gasteiger partial charge in [0.05, 0.1) is 12.4 Å². The standard InChI is InChI=1S/C10H11N3O2S/c1-8-3-4-10(9(2)7-8)16(14,15)13-6-5-11-12-13/h3-7,10H,2H2,1H3/p+1. The minimum Gasteiger partial charge on any atom is -0.207 e. The average molecular weight is 238 g/mol. The van der Waals surface area contributed by atoms with Crippen molar-refractivity contribution in [1.82, 2.24) is 14.4 Å². The second kappa shape index (κ2) is 3.71. The smallest absolute Gasteiger partial charge is 0.207 e. The van der Waals surface area contributed by atoms with Crippen LogP contribution in [0.5, 0.6) is 0 Å². The molecule has 84 valence electrons. The zero-order valence-corrected chi connectivity index (χ0v) is 9.59. The van der Waals surface area contributed by atoms with E-state index < -0.39 is 15.3 Å². The van der Waals surface area contributed by atoms with Gasteiger partial charge in [0.2, 0.25) is 0 Å². The van der Waals surface area contributed by atoms with E-state index in [1.54, 1.807) is 18.2 Å². The number of allylic oxidation sites excluding steroid dienone is 3. The first-order chi connectivity index (χ1) is 7.51. The van der Waals surface area contributed by atoms with Gasteiger partial charge in [0, 0.05) is 0 Å². The molecule has 0 saturated carbocycles. The highest BCUT2D eigenvalue weighted by atomic mass is 32.2. The number of hydrogen-bond donors (Lipinski definition) is 0. The monoisotopic (exact) mass is 238 g/mol. The Kier molecular flexibility index (Phi) is 2.51. The quantitative estimate of drug-likeness (QED) is 0.723. The third kappa shape index (κ3) is 1.71. The number of nitrogens with zero attached hydrogens (tertiary/aromatic N) is 3. The van der Waals surface area contributed by atoms with Crippen molar-refractivity contribution in [2.24, 2.45) is 0 Å². The summed E-state index contributed by atoms with van der Waals surface area (Å²) in [5, 5.41) is 6.44. The molecule has 2 rings (SSSR count). The summed E-state index contributed by atoms with van der Waals surface area (Å²) >= 11 is 0. The van der Waals surface area contributed by atoms with E-state index in [0.29, 0.717) is 5.57 Å². The Labute approximate surface area is 93.8 Å². The molecule has 0 aliphatic heterocycles. The molecule has 1 aliphatic rings. The van der Waals surface area contributed by atoms with Gasteiger partial charge in [-0.3, -0.25) is 0 Å². The van der Waals surface area contributed by atoms with E-state index in [-0.39, 0.29) is 0 Å². The Morgan fingerprint density at radius 1 is 1.62 bits per heavy atom. The van der Waals surface area contributed by atoms with Gasteiger partial charge in [-0.15, -0.1) is 9.19 Å². The Hall–Kier alpha value is -1.69. The minimum atomic E-state index is -3.33. The fraction of sp³-hybridized carbons (Fsp3) is 0.200. The molecule has 1 aliphatic carbocycles. The van der Waals surface area contributed by atoms with Crippen LogP contribution in [0.25, 0.3) is 0 Å². The molecular formula is C10H12N3O2S+. The lowest BCUT2D eigenvalue weighted by Gasteiger charge is -2.13. The molecule has 0 amide bonds. The number of rotatable bonds is 2. The van der Waals surface area contributed by atoms with E-state index in [0.717, 1.165) is 9.66 Å². The Balaban J connectivity index is 2.42. The molecule has 0 spiro atoms. The molecule has 1 heterocycles. The van der Waals surface area contributed by atoms with Crippen LogP contribution in [-0.4, -0.2) is 28.1 Å². The van der Waals surface area contributed by atoms with Crippen LogP contribution < -0.4 is 0 Å². The summed E-state index contributed by atoms with van der Waals surface area (Å²) in [5.41, 5.74) is 1.61. The van der Waals surface area contributed by atoms with Gasteiger partial charge in [0.15, 0.2) is 5.25 Å². The molecule has 16 heavy (non-hydrogen) atoms. The maximum Gasteiger partial charge on any atom is 0.398 e. The van der Waals surface area contributed by atoms with Crippen molar-refractivity contribution >= 4 is 10.0 Å². The van der Waals surface area contributed by atoms with Crippen molar-refractivity contribution in [2.45, 2.75) is 12.2 Å². The van der Waals surface area contributed by atoms with Crippen LogP contribution in [0.15, 0.2) is 48.3 Å². The largest absolute Gasteiger partial charge is 0.398 e. The Morgan fingerprint density at radius 3 is 2.94 bits per heavy atom. The van der Waals surface area contributed by atoms with Crippen LogP contribution in [0.3, 0.4) is 0 Å². The predicted molar refractivity (Wildman–Crippen MR) is 61.3 cm³/mol. The Bertz CT molecular complexity index is 567. The SMILES string of the molecule is C=C1C=C(C)C=CC1S(=O)(=[OH+])n1ccnn1. The van der Waals surface area contributed by atoms with Gasteiger partial charge in [-0.2, -0.15) is 4.21 Å². The van der Waals surface area contributed by atoms with Gasteiger partial charge in [0.1, 0.15) is 0 Å². The molecule has 0 aromatic carbocycles. The maximum absolute atomic E-state index is 12.2. The first-order valence-electron chi connectivity index (χ1n) is 4.69. The lowest BCUT2D eigenvalue weighted by molar-refractivity contribution is 0.591. The van der Waals surface area contributed by atoms with Crippen LogP contribution in [0, 0.1) is 0 Å². The van der Waals surface area contributed by atoms with Crippen molar-refractivity contribution in [1.29, 1.82) is 0 Å². The maximum atomic E-state index is 12.2. The molecule has 1 aromatic heterocycles. The lowest BCUT2D eigenvalue weighted by atomic mass is 10.0. The van der Waals surface area contributed by atoms with E-state index in [2.05, 4.69) is 16.9 Å². The van der Waals surface area contributed by atoms with E-state index in [1.807, 2.05) is 6.92 Å². The lowest BCUT2D eigenvalue weighted by Crippen LogP contribution is -2.28. The fourth-order valence-electron chi connectivity index (χ4n) is 1.54. The van der Waals surface area contributed by atoms with E-state index in [1.165, 1.54) is 12.4 Å². The van der Waals surface area contributed by atoms with Crippen molar-refractivity contribution in [3.63, 3.8) is 0 Å². The number of hydrogen-bond acceptors (Lipinski definition) is 3. The molecule has 2 atom stereocenters. The van der Waals surface area contributed by atoms with Crippen molar-refractivity contribution in [3.05, 3.63) is 48.3 Å².